The van der Waals surface area contributed by atoms with E-state index >= 15 is 0 Å². The van der Waals surface area contributed by atoms with Gasteiger partial charge in [0.1, 0.15) is 5.75 Å². The lowest BCUT2D eigenvalue weighted by Gasteiger charge is -2.47. The summed E-state index contributed by atoms with van der Waals surface area (Å²) in [5.74, 6) is 0.209. The molecule has 0 radical (unpaired) electrons. The Balaban J connectivity index is 1.99. The molecular weight excluding hydrogens is 470 g/mol. The van der Waals surface area contributed by atoms with Gasteiger partial charge in [0.05, 0.1) is 10.9 Å². The molecule has 1 aliphatic heterocycles. The van der Waals surface area contributed by atoms with E-state index in [9.17, 15) is 13.5 Å². The summed E-state index contributed by atoms with van der Waals surface area (Å²) in [6.45, 7) is 15.0. The molecule has 1 heterocycles. The van der Waals surface area contributed by atoms with Crippen molar-refractivity contribution >= 4 is 21.6 Å². The van der Waals surface area contributed by atoms with Crippen molar-refractivity contribution in [3.8, 4) is 5.75 Å². The molecule has 2 aromatic carbocycles. The molecule has 0 bridgehead atoms. The number of benzene rings is 2. The summed E-state index contributed by atoms with van der Waals surface area (Å²) < 4.78 is 27.4. The molecule has 34 heavy (non-hydrogen) atoms. The second-order valence-electron chi connectivity index (χ2n) is 9.00. The van der Waals surface area contributed by atoms with Gasteiger partial charge in [-0.1, -0.05) is 56.3 Å². The second kappa shape index (κ2) is 11.2. The molecule has 0 spiro atoms. The number of phenolic OH excluding ortho intramolecular Hbond substituents is 1. The van der Waals surface area contributed by atoms with Crippen LogP contribution in [0.1, 0.15) is 44.9 Å². The number of aromatic hydroxyl groups is 1. The Morgan fingerprint density at radius 3 is 2.29 bits per heavy atom. The Bertz CT molecular complexity index is 1090. The van der Waals surface area contributed by atoms with Gasteiger partial charge < -0.3 is 5.11 Å². The molecule has 0 saturated carbocycles. The zero-order chi connectivity index (χ0) is 25.0. The van der Waals surface area contributed by atoms with Crippen molar-refractivity contribution in [2.45, 2.75) is 50.7 Å². The topological polar surface area (TPSA) is 64.1 Å². The molecule has 0 aliphatic carbocycles. The zero-order valence-corrected chi connectivity index (χ0v) is 22.1. The van der Waals surface area contributed by atoms with Gasteiger partial charge in [-0.3, -0.25) is 9.80 Å². The molecule has 0 aromatic heterocycles. The zero-order valence-electron chi connectivity index (χ0n) is 20.5. The van der Waals surface area contributed by atoms with E-state index in [1.807, 2.05) is 38.1 Å². The Morgan fingerprint density at radius 2 is 1.74 bits per heavy atom. The average Bonchev–Trinajstić information content (AvgIpc) is 2.78. The molecule has 0 amide bonds. The molecule has 3 atom stereocenters. The maximum atomic E-state index is 13.0. The first kappa shape index (κ1) is 26.7. The van der Waals surface area contributed by atoms with Crippen molar-refractivity contribution < 1.29 is 13.5 Å². The van der Waals surface area contributed by atoms with Crippen LogP contribution in [0.2, 0.25) is 0 Å². The maximum Gasteiger partial charge on any atom is 0.243 e. The summed E-state index contributed by atoms with van der Waals surface area (Å²) in [6.07, 6.45) is 0. The van der Waals surface area contributed by atoms with Crippen LogP contribution in [-0.4, -0.2) is 72.4 Å². The summed E-state index contributed by atoms with van der Waals surface area (Å²) in [5, 5.41) is 10.8. The quantitative estimate of drug-likeness (QED) is 0.537. The highest BCUT2D eigenvalue weighted by molar-refractivity contribution is 7.89. The van der Waals surface area contributed by atoms with Crippen LogP contribution in [0.15, 0.2) is 65.0 Å². The van der Waals surface area contributed by atoms with Crippen LogP contribution in [0.4, 0.5) is 0 Å². The first-order chi connectivity index (χ1) is 16.1. The van der Waals surface area contributed by atoms with E-state index in [4.69, 9.17) is 11.6 Å². The number of phenols is 1. The van der Waals surface area contributed by atoms with E-state index in [1.54, 1.807) is 24.3 Å². The molecule has 2 aromatic rings. The molecule has 6 nitrogen and oxygen atoms in total. The van der Waals surface area contributed by atoms with Gasteiger partial charge in [-0.15, -0.1) is 0 Å². The number of hydrogen-bond acceptors (Lipinski definition) is 5. The fraction of sp³-hybridized carbons (Fsp3) is 0.462. The Labute approximate surface area is 209 Å². The van der Waals surface area contributed by atoms with Crippen LogP contribution in [0.3, 0.4) is 0 Å². The Morgan fingerprint density at radius 1 is 1.09 bits per heavy atom. The molecule has 1 N–H and O–H groups in total. The number of nitrogens with zero attached hydrogens (tertiary/aromatic N) is 3. The molecule has 186 valence electrons. The van der Waals surface area contributed by atoms with E-state index < -0.39 is 10.0 Å². The highest BCUT2D eigenvalue weighted by Gasteiger charge is 2.35. The smallest absolute Gasteiger partial charge is 0.243 e. The van der Waals surface area contributed by atoms with Gasteiger partial charge in [0, 0.05) is 49.8 Å². The second-order valence-corrected chi connectivity index (χ2v) is 11.5. The molecule has 8 heteroatoms. The number of rotatable bonds is 9. The van der Waals surface area contributed by atoms with Crippen LogP contribution in [0.5, 0.6) is 5.75 Å². The van der Waals surface area contributed by atoms with Gasteiger partial charge in [0.25, 0.3) is 0 Å². The van der Waals surface area contributed by atoms with Crippen LogP contribution in [0, 0.1) is 0 Å². The van der Waals surface area contributed by atoms with Gasteiger partial charge in [-0.25, -0.2) is 8.42 Å². The van der Waals surface area contributed by atoms with Crippen molar-refractivity contribution in [3.05, 3.63) is 71.3 Å². The summed E-state index contributed by atoms with van der Waals surface area (Å²) >= 11 is 6.10. The molecule has 1 fully saturated rings. The number of halogens is 1. The van der Waals surface area contributed by atoms with Crippen LogP contribution >= 0.6 is 11.6 Å². The van der Waals surface area contributed by atoms with Crippen molar-refractivity contribution in [2.75, 3.05) is 32.7 Å². The van der Waals surface area contributed by atoms with Gasteiger partial charge in [-0.05, 0) is 49.2 Å². The van der Waals surface area contributed by atoms with E-state index in [2.05, 4.69) is 30.2 Å². The van der Waals surface area contributed by atoms with Gasteiger partial charge in [0.2, 0.25) is 10.0 Å². The minimum absolute atomic E-state index is 0.129. The predicted molar refractivity (Wildman–Crippen MR) is 139 cm³/mol. The predicted octanol–water partition coefficient (Wildman–Crippen LogP) is 4.66. The SMILES string of the molecule is C=C(Cl)CN1CC(C)N(C(c2ccc(S(=O)(=O)N(CC)CC)cc2)c2cccc(O)c2)CC1C. The number of piperazine rings is 1. The molecule has 3 unspecified atom stereocenters. The summed E-state index contributed by atoms with van der Waals surface area (Å²) in [4.78, 5) is 5.04. The fourth-order valence-electron chi connectivity index (χ4n) is 4.83. The highest BCUT2D eigenvalue weighted by atomic mass is 35.5. The third-order valence-corrected chi connectivity index (χ3v) is 8.78. The van der Waals surface area contributed by atoms with Crippen LogP contribution < -0.4 is 0 Å². The third-order valence-electron chi connectivity index (χ3n) is 6.59. The monoisotopic (exact) mass is 505 g/mol. The largest absolute Gasteiger partial charge is 0.508 e. The Hall–Kier alpha value is -1.90. The standard InChI is InChI=1S/C26H36ClN3O3S/c1-6-29(7-2)34(32,33)25-13-11-22(12-14-25)26(23-9-8-10-24(31)15-23)30-18-20(4)28(16-19(3)27)17-21(30)5/h8-15,20-21,26,31H,3,6-7,16-18H2,1-2,4-5H3. The first-order valence-corrected chi connectivity index (χ1v) is 13.6. The average molecular weight is 506 g/mol. The lowest BCUT2D eigenvalue weighted by atomic mass is 9.93. The van der Waals surface area contributed by atoms with Crippen molar-refractivity contribution in [1.29, 1.82) is 0 Å². The Kier molecular flexibility index (Phi) is 8.82. The van der Waals surface area contributed by atoms with Crippen molar-refractivity contribution in [2.24, 2.45) is 0 Å². The van der Waals surface area contributed by atoms with Gasteiger partial charge in [-0.2, -0.15) is 4.31 Å². The van der Waals surface area contributed by atoms with Crippen LogP contribution in [0.25, 0.3) is 0 Å². The van der Waals surface area contributed by atoms with Gasteiger partial charge in [0.15, 0.2) is 0 Å². The first-order valence-electron chi connectivity index (χ1n) is 11.8. The minimum atomic E-state index is -3.53. The summed E-state index contributed by atoms with van der Waals surface area (Å²) in [6, 6.07) is 14.8. The lowest BCUT2D eigenvalue weighted by Crippen LogP contribution is -2.57. The van der Waals surface area contributed by atoms with Crippen LogP contribution in [-0.2, 0) is 10.0 Å². The highest BCUT2D eigenvalue weighted by Crippen LogP contribution is 2.35. The molecule has 3 rings (SSSR count). The lowest BCUT2D eigenvalue weighted by molar-refractivity contribution is 0.0301. The minimum Gasteiger partial charge on any atom is -0.508 e. The van der Waals surface area contributed by atoms with E-state index in [1.165, 1.54) is 4.31 Å². The molecule has 1 aliphatic rings. The van der Waals surface area contributed by atoms with Gasteiger partial charge >= 0.3 is 0 Å². The van der Waals surface area contributed by atoms with E-state index in [-0.39, 0.29) is 23.9 Å². The number of sulfonamides is 1. The molecule has 1 saturated heterocycles. The summed E-state index contributed by atoms with van der Waals surface area (Å²) in [7, 11) is -3.53. The van der Waals surface area contributed by atoms with Crippen molar-refractivity contribution in [3.63, 3.8) is 0 Å². The van der Waals surface area contributed by atoms with E-state index in [0.29, 0.717) is 29.6 Å². The molecular formula is C26H36ClN3O3S. The normalized spacial score (nSPS) is 21.0. The summed E-state index contributed by atoms with van der Waals surface area (Å²) in [5.41, 5.74) is 1.95. The number of hydrogen-bond donors (Lipinski definition) is 1. The fourth-order valence-corrected chi connectivity index (χ4v) is 6.44. The maximum absolute atomic E-state index is 13.0. The van der Waals surface area contributed by atoms with E-state index in [0.717, 1.165) is 24.2 Å². The third kappa shape index (κ3) is 5.83. The van der Waals surface area contributed by atoms with Crippen molar-refractivity contribution in [1.82, 2.24) is 14.1 Å².